The summed E-state index contributed by atoms with van der Waals surface area (Å²) in [5.74, 6) is -0.456. The number of nitrogens with zero attached hydrogens (tertiary/aromatic N) is 1. The Balaban J connectivity index is 1.95. The van der Waals surface area contributed by atoms with Gasteiger partial charge in [-0.15, -0.1) is 0 Å². The zero-order valence-corrected chi connectivity index (χ0v) is 12.8. The Hall–Kier alpha value is -3.13. The SMILES string of the molecule is Cc1ccccc1C(=O)Nc1ccc(CNC(=O)CC#N)cc1. The van der Waals surface area contributed by atoms with Gasteiger partial charge in [-0.3, -0.25) is 9.59 Å². The number of carbonyl (C=O) groups is 2. The van der Waals surface area contributed by atoms with Crippen molar-refractivity contribution in [2.24, 2.45) is 0 Å². The number of nitrogens with one attached hydrogen (secondary N) is 2. The minimum absolute atomic E-state index is 0.148. The van der Waals surface area contributed by atoms with Crippen molar-refractivity contribution < 1.29 is 9.59 Å². The predicted molar refractivity (Wildman–Crippen MR) is 87.7 cm³/mol. The molecular formula is C18H17N3O2. The smallest absolute Gasteiger partial charge is 0.255 e. The van der Waals surface area contributed by atoms with Crippen molar-refractivity contribution in [1.82, 2.24) is 5.32 Å². The monoisotopic (exact) mass is 307 g/mol. The van der Waals surface area contributed by atoms with Gasteiger partial charge in [0.05, 0.1) is 6.07 Å². The fourth-order valence-corrected chi connectivity index (χ4v) is 2.07. The van der Waals surface area contributed by atoms with Gasteiger partial charge in [0.1, 0.15) is 6.42 Å². The first kappa shape index (κ1) is 16.2. The lowest BCUT2D eigenvalue weighted by Crippen LogP contribution is -2.21. The van der Waals surface area contributed by atoms with Gasteiger partial charge >= 0.3 is 0 Å². The Morgan fingerprint density at radius 3 is 2.43 bits per heavy atom. The highest BCUT2D eigenvalue weighted by molar-refractivity contribution is 6.05. The highest BCUT2D eigenvalue weighted by atomic mass is 16.2. The van der Waals surface area contributed by atoms with Crippen LogP contribution < -0.4 is 10.6 Å². The number of carbonyl (C=O) groups excluding carboxylic acids is 2. The second-order valence-electron chi connectivity index (χ2n) is 5.08. The minimum Gasteiger partial charge on any atom is -0.351 e. The number of amides is 2. The lowest BCUT2D eigenvalue weighted by Gasteiger charge is -2.09. The highest BCUT2D eigenvalue weighted by Gasteiger charge is 2.08. The van der Waals surface area contributed by atoms with E-state index in [1.165, 1.54) is 0 Å². The summed E-state index contributed by atoms with van der Waals surface area (Å²) in [5, 5.41) is 13.9. The molecule has 0 saturated carbocycles. The van der Waals surface area contributed by atoms with E-state index in [4.69, 9.17) is 5.26 Å². The van der Waals surface area contributed by atoms with Gasteiger partial charge in [0.15, 0.2) is 0 Å². The Bertz CT molecular complexity index is 746. The molecule has 5 heteroatoms. The van der Waals surface area contributed by atoms with Crippen molar-refractivity contribution in [2.45, 2.75) is 19.9 Å². The molecule has 0 aliphatic carbocycles. The molecule has 23 heavy (non-hydrogen) atoms. The lowest BCUT2D eigenvalue weighted by molar-refractivity contribution is -0.120. The van der Waals surface area contributed by atoms with Crippen LogP contribution in [0.2, 0.25) is 0 Å². The summed E-state index contributed by atoms with van der Waals surface area (Å²) in [4.78, 5) is 23.4. The summed E-state index contributed by atoms with van der Waals surface area (Å²) in [6.45, 7) is 2.24. The van der Waals surface area contributed by atoms with Crippen molar-refractivity contribution in [3.63, 3.8) is 0 Å². The molecule has 2 aromatic carbocycles. The number of anilines is 1. The second-order valence-corrected chi connectivity index (χ2v) is 5.08. The summed E-state index contributed by atoms with van der Waals surface area (Å²) < 4.78 is 0. The van der Waals surface area contributed by atoms with E-state index in [0.717, 1.165) is 11.1 Å². The van der Waals surface area contributed by atoms with Gasteiger partial charge < -0.3 is 10.6 Å². The van der Waals surface area contributed by atoms with Crippen LogP contribution in [0, 0.1) is 18.3 Å². The van der Waals surface area contributed by atoms with Crippen LogP contribution in [0.4, 0.5) is 5.69 Å². The topological polar surface area (TPSA) is 82.0 Å². The van der Waals surface area contributed by atoms with Crippen LogP contribution >= 0.6 is 0 Å². The minimum atomic E-state index is -0.301. The molecule has 0 spiro atoms. The van der Waals surface area contributed by atoms with Gasteiger partial charge in [-0.25, -0.2) is 0 Å². The first-order valence-electron chi connectivity index (χ1n) is 7.19. The Morgan fingerprint density at radius 2 is 1.78 bits per heavy atom. The number of hydrogen-bond acceptors (Lipinski definition) is 3. The molecule has 2 aromatic rings. The fraction of sp³-hybridized carbons (Fsp3) is 0.167. The van der Waals surface area contributed by atoms with Gasteiger partial charge in [-0.05, 0) is 36.2 Å². The van der Waals surface area contributed by atoms with E-state index >= 15 is 0 Å². The average Bonchev–Trinajstić information content (AvgIpc) is 2.55. The van der Waals surface area contributed by atoms with E-state index < -0.39 is 0 Å². The summed E-state index contributed by atoms with van der Waals surface area (Å²) in [7, 11) is 0. The first-order chi connectivity index (χ1) is 11.1. The zero-order valence-electron chi connectivity index (χ0n) is 12.8. The molecule has 0 radical (unpaired) electrons. The standard InChI is InChI=1S/C18H17N3O2/c1-13-4-2-3-5-16(13)18(23)21-15-8-6-14(7-9-15)12-20-17(22)10-11-19/h2-9H,10,12H2,1H3,(H,20,22)(H,21,23). The van der Waals surface area contributed by atoms with Crippen LogP contribution in [0.25, 0.3) is 0 Å². The van der Waals surface area contributed by atoms with E-state index in [-0.39, 0.29) is 18.2 Å². The molecule has 0 atom stereocenters. The number of nitriles is 1. The average molecular weight is 307 g/mol. The molecule has 2 N–H and O–H groups in total. The quantitative estimate of drug-likeness (QED) is 0.891. The molecule has 0 heterocycles. The first-order valence-corrected chi connectivity index (χ1v) is 7.19. The molecule has 2 rings (SSSR count). The van der Waals surface area contributed by atoms with Gasteiger partial charge in [-0.1, -0.05) is 30.3 Å². The summed E-state index contributed by atoms with van der Waals surface area (Å²) >= 11 is 0. The van der Waals surface area contributed by atoms with Crippen LogP contribution in [0.15, 0.2) is 48.5 Å². The molecule has 116 valence electrons. The van der Waals surface area contributed by atoms with E-state index in [9.17, 15) is 9.59 Å². The maximum absolute atomic E-state index is 12.2. The maximum Gasteiger partial charge on any atom is 0.255 e. The molecule has 5 nitrogen and oxygen atoms in total. The van der Waals surface area contributed by atoms with Crippen LogP contribution in [0.5, 0.6) is 0 Å². The summed E-state index contributed by atoms with van der Waals surface area (Å²) in [6, 6.07) is 16.4. The molecule has 0 aliphatic rings. The number of rotatable bonds is 5. The second kappa shape index (κ2) is 7.76. The van der Waals surface area contributed by atoms with Gasteiger partial charge in [0, 0.05) is 17.8 Å². The van der Waals surface area contributed by atoms with E-state index in [1.807, 2.05) is 37.3 Å². The van der Waals surface area contributed by atoms with E-state index in [1.54, 1.807) is 24.3 Å². The van der Waals surface area contributed by atoms with Gasteiger partial charge in [0.25, 0.3) is 5.91 Å². The Kier molecular flexibility index (Phi) is 5.48. The molecule has 0 aromatic heterocycles. The summed E-state index contributed by atoms with van der Waals surface area (Å²) in [6.07, 6.45) is -0.148. The molecule has 0 bridgehead atoms. The number of hydrogen-bond donors (Lipinski definition) is 2. The molecule has 0 saturated heterocycles. The highest BCUT2D eigenvalue weighted by Crippen LogP contribution is 2.13. The van der Waals surface area contributed by atoms with Crippen molar-refractivity contribution in [3.05, 3.63) is 65.2 Å². The number of benzene rings is 2. The van der Waals surface area contributed by atoms with Gasteiger partial charge in [0.2, 0.25) is 5.91 Å². The van der Waals surface area contributed by atoms with Crippen molar-refractivity contribution in [2.75, 3.05) is 5.32 Å². The normalized spacial score (nSPS) is 9.74. The molecular weight excluding hydrogens is 290 g/mol. The fourth-order valence-electron chi connectivity index (χ4n) is 2.07. The molecule has 0 unspecified atom stereocenters. The molecule has 2 amide bonds. The summed E-state index contributed by atoms with van der Waals surface area (Å²) in [5.41, 5.74) is 3.14. The van der Waals surface area contributed by atoms with Crippen molar-refractivity contribution in [1.29, 1.82) is 5.26 Å². The zero-order chi connectivity index (χ0) is 16.7. The van der Waals surface area contributed by atoms with Crippen LogP contribution in [-0.4, -0.2) is 11.8 Å². The largest absolute Gasteiger partial charge is 0.351 e. The predicted octanol–water partition coefficient (Wildman–Crippen LogP) is 2.78. The van der Waals surface area contributed by atoms with Gasteiger partial charge in [-0.2, -0.15) is 5.26 Å². The Morgan fingerprint density at radius 1 is 1.09 bits per heavy atom. The third kappa shape index (κ3) is 4.68. The van der Waals surface area contributed by atoms with E-state index in [0.29, 0.717) is 17.8 Å². The van der Waals surface area contributed by atoms with Crippen LogP contribution in [0.1, 0.15) is 27.9 Å². The molecule has 0 fully saturated rings. The van der Waals surface area contributed by atoms with Crippen LogP contribution in [-0.2, 0) is 11.3 Å². The lowest BCUT2D eigenvalue weighted by atomic mass is 10.1. The van der Waals surface area contributed by atoms with Crippen LogP contribution in [0.3, 0.4) is 0 Å². The number of aryl methyl sites for hydroxylation is 1. The third-order valence-electron chi connectivity index (χ3n) is 3.33. The Labute approximate surface area is 134 Å². The van der Waals surface area contributed by atoms with Crippen molar-refractivity contribution in [3.8, 4) is 6.07 Å². The molecule has 0 aliphatic heterocycles. The third-order valence-corrected chi connectivity index (χ3v) is 3.33. The maximum atomic E-state index is 12.2. The van der Waals surface area contributed by atoms with Crippen molar-refractivity contribution >= 4 is 17.5 Å². The van der Waals surface area contributed by atoms with E-state index in [2.05, 4.69) is 10.6 Å².